The summed E-state index contributed by atoms with van der Waals surface area (Å²) in [7, 11) is 0. The highest BCUT2D eigenvalue weighted by Gasteiger charge is 1.96. The smallest absolute Gasteiger partial charge is 0.305 e. The van der Waals surface area contributed by atoms with Gasteiger partial charge in [0.15, 0.2) is 0 Å². The molecule has 0 unspecified atom stereocenters. The maximum Gasteiger partial charge on any atom is 0.305 e. The standard InChI is InChI=1S/C11H23NO4/c1-10(2)12-5-3-6-15-8-9-16-7-4-11(13)14/h10,12H,3-9H2,1-2H3,(H,13,14). The van der Waals surface area contributed by atoms with Crippen LogP contribution >= 0.6 is 0 Å². The molecule has 0 spiro atoms. The number of carbonyl (C=O) groups is 1. The molecular formula is C11H23NO4. The largest absolute Gasteiger partial charge is 0.481 e. The van der Waals surface area contributed by atoms with Gasteiger partial charge in [-0.2, -0.15) is 0 Å². The third-order valence-corrected chi connectivity index (χ3v) is 1.85. The zero-order chi connectivity index (χ0) is 12.2. The fourth-order valence-corrected chi connectivity index (χ4v) is 1.05. The molecule has 0 fully saturated rings. The molecule has 0 aromatic rings. The van der Waals surface area contributed by atoms with Crippen LogP contribution in [0.25, 0.3) is 0 Å². The molecule has 5 heteroatoms. The molecule has 0 heterocycles. The van der Waals surface area contributed by atoms with Gasteiger partial charge >= 0.3 is 5.97 Å². The first-order chi connectivity index (χ1) is 7.63. The van der Waals surface area contributed by atoms with Crippen LogP contribution in [0, 0.1) is 0 Å². The van der Waals surface area contributed by atoms with E-state index in [2.05, 4.69) is 19.2 Å². The number of rotatable bonds is 11. The van der Waals surface area contributed by atoms with Gasteiger partial charge in [0.1, 0.15) is 0 Å². The Kier molecular flexibility index (Phi) is 10.4. The Bertz CT molecular complexity index is 173. The zero-order valence-electron chi connectivity index (χ0n) is 10.2. The van der Waals surface area contributed by atoms with E-state index in [4.69, 9.17) is 14.6 Å². The van der Waals surface area contributed by atoms with Crippen LogP contribution in [0.4, 0.5) is 0 Å². The first kappa shape index (κ1) is 15.3. The van der Waals surface area contributed by atoms with Crippen LogP contribution in [0.1, 0.15) is 26.7 Å². The zero-order valence-corrected chi connectivity index (χ0v) is 10.2. The average molecular weight is 233 g/mol. The van der Waals surface area contributed by atoms with Crippen molar-refractivity contribution in [2.24, 2.45) is 0 Å². The summed E-state index contributed by atoms with van der Waals surface area (Å²) in [5.41, 5.74) is 0. The minimum Gasteiger partial charge on any atom is -0.481 e. The van der Waals surface area contributed by atoms with Crippen LogP contribution < -0.4 is 5.32 Å². The van der Waals surface area contributed by atoms with Crippen LogP contribution in [0.3, 0.4) is 0 Å². The molecule has 0 atom stereocenters. The SMILES string of the molecule is CC(C)NCCCOCCOCCC(=O)O. The van der Waals surface area contributed by atoms with Crippen molar-refractivity contribution in [1.29, 1.82) is 0 Å². The van der Waals surface area contributed by atoms with Crippen LogP contribution in [-0.2, 0) is 14.3 Å². The second-order valence-electron chi connectivity index (χ2n) is 3.83. The molecule has 96 valence electrons. The summed E-state index contributed by atoms with van der Waals surface area (Å²) >= 11 is 0. The minimum absolute atomic E-state index is 0.0539. The number of carboxylic acids is 1. The fraction of sp³-hybridized carbons (Fsp3) is 0.909. The number of hydrogen-bond donors (Lipinski definition) is 2. The van der Waals surface area contributed by atoms with E-state index in [1.807, 2.05) is 0 Å². The van der Waals surface area contributed by atoms with E-state index in [1.54, 1.807) is 0 Å². The van der Waals surface area contributed by atoms with E-state index < -0.39 is 5.97 Å². The van der Waals surface area contributed by atoms with Crippen molar-refractivity contribution in [2.75, 3.05) is 33.0 Å². The van der Waals surface area contributed by atoms with Gasteiger partial charge < -0.3 is 19.9 Å². The molecule has 0 saturated heterocycles. The van der Waals surface area contributed by atoms with Gasteiger partial charge in [-0.3, -0.25) is 4.79 Å². The number of hydrogen-bond acceptors (Lipinski definition) is 4. The number of nitrogens with one attached hydrogen (secondary N) is 1. The van der Waals surface area contributed by atoms with E-state index in [-0.39, 0.29) is 13.0 Å². The summed E-state index contributed by atoms with van der Waals surface area (Å²) < 4.78 is 10.4. The molecule has 0 bridgehead atoms. The molecule has 2 N–H and O–H groups in total. The summed E-state index contributed by atoms with van der Waals surface area (Å²) in [6.45, 7) is 7.13. The molecule has 0 rings (SSSR count). The van der Waals surface area contributed by atoms with Gasteiger partial charge in [0.05, 0.1) is 26.2 Å². The highest BCUT2D eigenvalue weighted by atomic mass is 16.5. The van der Waals surface area contributed by atoms with E-state index in [0.29, 0.717) is 25.9 Å². The van der Waals surface area contributed by atoms with Crippen LogP contribution in [0.15, 0.2) is 0 Å². The molecule has 5 nitrogen and oxygen atoms in total. The summed E-state index contributed by atoms with van der Waals surface area (Å²) in [4.78, 5) is 10.1. The quantitative estimate of drug-likeness (QED) is 0.519. The first-order valence-corrected chi connectivity index (χ1v) is 5.73. The molecule has 0 saturated carbocycles. The number of carboxylic acid groups (broad SMARTS) is 1. The highest BCUT2D eigenvalue weighted by Crippen LogP contribution is 1.86. The maximum absolute atomic E-state index is 10.1. The Labute approximate surface area is 97.1 Å². The van der Waals surface area contributed by atoms with E-state index in [0.717, 1.165) is 13.0 Å². The van der Waals surface area contributed by atoms with Crippen LogP contribution in [0.5, 0.6) is 0 Å². The third kappa shape index (κ3) is 13.4. The van der Waals surface area contributed by atoms with Crippen molar-refractivity contribution in [3.8, 4) is 0 Å². The molecular weight excluding hydrogens is 210 g/mol. The highest BCUT2D eigenvalue weighted by molar-refractivity contribution is 5.66. The lowest BCUT2D eigenvalue weighted by molar-refractivity contribution is -0.138. The molecule has 0 amide bonds. The molecule has 0 aliphatic rings. The molecule has 16 heavy (non-hydrogen) atoms. The number of ether oxygens (including phenoxy) is 2. The summed E-state index contributed by atoms with van der Waals surface area (Å²) in [6.07, 6.45) is 1.03. The molecule has 0 aliphatic heterocycles. The van der Waals surface area contributed by atoms with Gasteiger partial charge in [-0.1, -0.05) is 13.8 Å². The Morgan fingerprint density at radius 1 is 1.19 bits per heavy atom. The van der Waals surface area contributed by atoms with Crippen molar-refractivity contribution < 1.29 is 19.4 Å². The Hall–Kier alpha value is -0.650. The summed E-state index contributed by atoms with van der Waals surface area (Å²) in [6, 6.07) is 0.513. The second-order valence-corrected chi connectivity index (χ2v) is 3.83. The Morgan fingerprint density at radius 3 is 2.38 bits per heavy atom. The normalized spacial score (nSPS) is 10.9. The van der Waals surface area contributed by atoms with Gasteiger partial charge in [-0.25, -0.2) is 0 Å². The van der Waals surface area contributed by atoms with Crippen molar-refractivity contribution >= 4 is 5.97 Å². The summed E-state index contributed by atoms with van der Waals surface area (Å²) in [5, 5.41) is 11.6. The lowest BCUT2D eigenvalue weighted by Crippen LogP contribution is -2.24. The monoisotopic (exact) mass is 233 g/mol. The lowest BCUT2D eigenvalue weighted by Gasteiger charge is -2.08. The number of aliphatic carboxylic acids is 1. The van der Waals surface area contributed by atoms with Gasteiger partial charge in [0.2, 0.25) is 0 Å². The van der Waals surface area contributed by atoms with Gasteiger partial charge in [-0.15, -0.1) is 0 Å². The first-order valence-electron chi connectivity index (χ1n) is 5.73. The molecule has 0 aromatic heterocycles. The topological polar surface area (TPSA) is 67.8 Å². The van der Waals surface area contributed by atoms with Gasteiger partial charge in [0.25, 0.3) is 0 Å². The van der Waals surface area contributed by atoms with Crippen LogP contribution in [0.2, 0.25) is 0 Å². The van der Waals surface area contributed by atoms with Crippen molar-refractivity contribution in [2.45, 2.75) is 32.7 Å². The van der Waals surface area contributed by atoms with Crippen molar-refractivity contribution in [3.05, 3.63) is 0 Å². The molecule has 0 aliphatic carbocycles. The minimum atomic E-state index is -0.833. The molecule has 0 radical (unpaired) electrons. The van der Waals surface area contributed by atoms with Gasteiger partial charge in [0, 0.05) is 12.6 Å². The second kappa shape index (κ2) is 10.9. The van der Waals surface area contributed by atoms with Crippen LogP contribution in [-0.4, -0.2) is 50.1 Å². The van der Waals surface area contributed by atoms with Crippen molar-refractivity contribution in [1.82, 2.24) is 5.32 Å². The predicted molar refractivity (Wildman–Crippen MR) is 61.6 cm³/mol. The van der Waals surface area contributed by atoms with E-state index in [9.17, 15) is 4.79 Å². The van der Waals surface area contributed by atoms with E-state index >= 15 is 0 Å². The van der Waals surface area contributed by atoms with E-state index in [1.165, 1.54) is 0 Å². The lowest BCUT2D eigenvalue weighted by atomic mass is 10.3. The fourth-order valence-electron chi connectivity index (χ4n) is 1.05. The van der Waals surface area contributed by atoms with Crippen molar-refractivity contribution in [3.63, 3.8) is 0 Å². The van der Waals surface area contributed by atoms with Gasteiger partial charge in [-0.05, 0) is 13.0 Å². The third-order valence-electron chi connectivity index (χ3n) is 1.85. The average Bonchev–Trinajstić information content (AvgIpc) is 2.20. The predicted octanol–water partition coefficient (Wildman–Crippen LogP) is 0.882. The Morgan fingerprint density at radius 2 is 1.81 bits per heavy atom. The molecule has 0 aromatic carbocycles. The maximum atomic E-state index is 10.1. The Balaban J connectivity index is 2.96. The summed E-state index contributed by atoms with van der Waals surface area (Å²) in [5.74, 6) is -0.833.